The first-order valence-corrected chi connectivity index (χ1v) is 8.70. The van der Waals surface area contributed by atoms with Crippen molar-refractivity contribution in [2.75, 3.05) is 7.11 Å². The first-order chi connectivity index (χ1) is 12.5. The van der Waals surface area contributed by atoms with Crippen molar-refractivity contribution in [3.8, 4) is 0 Å². The maximum Gasteiger partial charge on any atom is 0.337 e. The first-order valence-electron chi connectivity index (χ1n) is 8.70. The lowest BCUT2D eigenvalue weighted by atomic mass is 10.1. The van der Waals surface area contributed by atoms with E-state index >= 15 is 0 Å². The van der Waals surface area contributed by atoms with Crippen LogP contribution in [0, 0.1) is 13.8 Å². The van der Waals surface area contributed by atoms with E-state index in [-0.39, 0.29) is 12.6 Å². The average molecular weight is 353 g/mol. The van der Waals surface area contributed by atoms with Crippen molar-refractivity contribution >= 4 is 18.0 Å². The number of aryl methyl sites for hydroxylation is 1. The molecule has 0 bridgehead atoms. The third-order valence-corrected chi connectivity index (χ3v) is 4.59. The summed E-state index contributed by atoms with van der Waals surface area (Å²) in [5.74, 6) is -0.779. The molecule has 5 nitrogen and oxygen atoms in total. The van der Waals surface area contributed by atoms with Gasteiger partial charge in [-0.15, -0.1) is 0 Å². The summed E-state index contributed by atoms with van der Waals surface area (Å²) in [6.45, 7) is 4.34. The quantitative estimate of drug-likeness (QED) is 0.582. The standard InChI is InChI=1S/C21H23NO4/c1-14-12-18(15(2)22(14)19-9-10-19)8-11-20(23)26-13-16-4-6-17(7-5-16)21(24)25-3/h4-8,11-12,19H,9-10,13H2,1-3H3/b11-8+. The Hall–Kier alpha value is -2.82. The third-order valence-electron chi connectivity index (χ3n) is 4.59. The van der Waals surface area contributed by atoms with Gasteiger partial charge in [-0.3, -0.25) is 0 Å². The zero-order valence-corrected chi connectivity index (χ0v) is 15.3. The van der Waals surface area contributed by atoms with Gasteiger partial charge in [-0.25, -0.2) is 9.59 Å². The summed E-state index contributed by atoms with van der Waals surface area (Å²) in [5.41, 5.74) is 4.74. The van der Waals surface area contributed by atoms with Gasteiger partial charge in [-0.1, -0.05) is 12.1 Å². The molecular formula is C21H23NO4. The number of esters is 2. The van der Waals surface area contributed by atoms with Crippen molar-refractivity contribution in [3.63, 3.8) is 0 Å². The molecule has 0 unspecified atom stereocenters. The van der Waals surface area contributed by atoms with E-state index in [1.54, 1.807) is 24.3 Å². The van der Waals surface area contributed by atoms with E-state index in [1.807, 2.05) is 6.08 Å². The lowest BCUT2D eigenvalue weighted by Gasteiger charge is -2.06. The van der Waals surface area contributed by atoms with Gasteiger partial charge < -0.3 is 14.0 Å². The van der Waals surface area contributed by atoms with Gasteiger partial charge in [0.05, 0.1) is 12.7 Å². The van der Waals surface area contributed by atoms with E-state index in [9.17, 15) is 9.59 Å². The van der Waals surface area contributed by atoms with E-state index in [0.29, 0.717) is 11.6 Å². The Morgan fingerprint density at radius 3 is 2.50 bits per heavy atom. The molecule has 0 radical (unpaired) electrons. The van der Waals surface area contributed by atoms with Gasteiger partial charge in [-0.05, 0) is 62.1 Å². The number of carbonyl (C=O) groups excluding carboxylic acids is 2. The van der Waals surface area contributed by atoms with Gasteiger partial charge in [0, 0.05) is 23.5 Å². The molecule has 0 aliphatic heterocycles. The van der Waals surface area contributed by atoms with Crippen LogP contribution in [0.4, 0.5) is 0 Å². The summed E-state index contributed by atoms with van der Waals surface area (Å²) in [4.78, 5) is 23.4. The highest BCUT2D eigenvalue weighted by Crippen LogP contribution is 2.38. The van der Waals surface area contributed by atoms with E-state index in [2.05, 4.69) is 29.2 Å². The van der Waals surface area contributed by atoms with Gasteiger partial charge >= 0.3 is 11.9 Å². The molecule has 1 aliphatic rings. The van der Waals surface area contributed by atoms with Crippen LogP contribution < -0.4 is 0 Å². The zero-order valence-electron chi connectivity index (χ0n) is 15.3. The Labute approximate surface area is 153 Å². The molecule has 3 rings (SSSR count). The summed E-state index contributed by atoms with van der Waals surface area (Å²) in [5, 5.41) is 0. The second kappa shape index (κ2) is 7.60. The van der Waals surface area contributed by atoms with E-state index in [0.717, 1.165) is 11.1 Å². The number of rotatable bonds is 6. The lowest BCUT2D eigenvalue weighted by Crippen LogP contribution is -2.03. The number of methoxy groups -OCH3 is 1. The topological polar surface area (TPSA) is 57.5 Å². The van der Waals surface area contributed by atoms with Crippen molar-refractivity contribution in [1.82, 2.24) is 4.57 Å². The lowest BCUT2D eigenvalue weighted by molar-refractivity contribution is -0.138. The SMILES string of the molecule is COC(=O)c1ccc(COC(=O)/C=C/c2cc(C)n(C3CC3)c2C)cc1. The van der Waals surface area contributed by atoms with Crippen LogP contribution in [-0.4, -0.2) is 23.6 Å². The van der Waals surface area contributed by atoms with Gasteiger partial charge in [0.25, 0.3) is 0 Å². The Kier molecular flexibility index (Phi) is 5.26. The van der Waals surface area contributed by atoms with Crippen LogP contribution in [0.25, 0.3) is 6.08 Å². The molecule has 2 aromatic rings. The molecular weight excluding hydrogens is 330 g/mol. The molecule has 0 amide bonds. The smallest absolute Gasteiger partial charge is 0.337 e. The van der Waals surface area contributed by atoms with Crippen LogP contribution in [0.5, 0.6) is 0 Å². The second-order valence-corrected chi connectivity index (χ2v) is 6.56. The van der Waals surface area contributed by atoms with Crippen molar-refractivity contribution < 1.29 is 19.1 Å². The molecule has 1 heterocycles. The third kappa shape index (κ3) is 4.04. The minimum absolute atomic E-state index is 0.158. The molecule has 0 spiro atoms. The number of aromatic nitrogens is 1. The maximum atomic E-state index is 12.0. The largest absolute Gasteiger partial charge is 0.465 e. The molecule has 0 atom stereocenters. The Morgan fingerprint density at radius 1 is 1.19 bits per heavy atom. The molecule has 1 aromatic heterocycles. The number of ether oxygens (including phenoxy) is 2. The van der Waals surface area contributed by atoms with Gasteiger partial charge in [0.1, 0.15) is 6.61 Å². The van der Waals surface area contributed by atoms with Crippen LogP contribution in [0.15, 0.2) is 36.4 Å². The highest BCUT2D eigenvalue weighted by Gasteiger charge is 2.26. The number of nitrogens with zero attached hydrogens (tertiary/aromatic N) is 1. The Bertz CT molecular complexity index is 842. The molecule has 0 N–H and O–H groups in total. The van der Waals surface area contributed by atoms with Crippen molar-refractivity contribution in [2.24, 2.45) is 0 Å². The van der Waals surface area contributed by atoms with Crippen LogP contribution in [0.3, 0.4) is 0 Å². The van der Waals surface area contributed by atoms with Crippen LogP contribution in [0.1, 0.15) is 51.8 Å². The fraction of sp³-hybridized carbons (Fsp3) is 0.333. The fourth-order valence-electron chi connectivity index (χ4n) is 3.08. The Balaban J connectivity index is 1.56. The Morgan fingerprint density at radius 2 is 1.88 bits per heavy atom. The normalized spacial score (nSPS) is 13.8. The van der Waals surface area contributed by atoms with Gasteiger partial charge in [0.2, 0.25) is 0 Å². The number of hydrogen-bond donors (Lipinski definition) is 0. The monoisotopic (exact) mass is 353 g/mol. The molecule has 136 valence electrons. The molecule has 1 aromatic carbocycles. The molecule has 1 saturated carbocycles. The summed E-state index contributed by atoms with van der Waals surface area (Å²) >= 11 is 0. The molecule has 26 heavy (non-hydrogen) atoms. The number of hydrogen-bond acceptors (Lipinski definition) is 4. The van der Waals surface area contributed by atoms with Crippen molar-refractivity contribution in [2.45, 2.75) is 39.3 Å². The number of carbonyl (C=O) groups is 2. The first kappa shape index (κ1) is 18.0. The van der Waals surface area contributed by atoms with Crippen molar-refractivity contribution in [1.29, 1.82) is 0 Å². The zero-order chi connectivity index (χ0) is 18.7. The summed E-state index contributed by atoms with van der Waals surface area (Å²) < 4.78 is 12.3. The van der Waals surface area contributed by atoms with Crippen LogP contribution >= 0.6 is 0 Å². The van der Waals surface area contributed by atoms with Crippen LogP contribution in [-0.2, 0) is 20.9 Å². The van der Waals surface area contributed by atoms with Crippen molar-refractivity contribution in [3.05, 3.63) is 64.5 Å². The predicted molar refractivity (Wildman–Crippen MR) is 98.8 cm³/mol. The summed E-state index contributed by atoms with van der Waals surface area (Å²) in [6, 6.07) is 9.51. The maximum absolute atomic E-state index is 12.0. The molecule has 1 aliphatic carbocycles. The predicted octanol–water partition coefficient (Wildman–Crippen LogP) is 3.98. The minimum Gasteiger partial charge on any atom is -0.465 e. The minimum atomic E-state index is -0.390. The molecule has 1 fully saturated rings. The number of benzene rings is 1. The van der Waals surface area contributed by atoms with E-state index < -0.39 is 5.97 Å². The fourth-order valence-corrected chi connectivity index (χ4v) is 3.08. The molecule has 5 heteroatoms. The average Bonchev–Trinajstić information content (AvgIpc) is 3.43. The van der Waals surface area contributed by atoms with E-state index in [1.165, 1.54) is 37.4 Å². The molecule has 0 saturated heterocycles. The van der Waals surface area contributed by atoms with Crippen LogP contribution in [0.2, 0.25) is 0 Å². The second-order valence-electron chi connectivity index (χ2n) is 6.56. The summed E-state index contributed by atoms with van der Waals surface area (Å²) in [7, 11) is 1.34. The highest BCUT2D eigenvalue weighted by molar-refractivity contribution is 5.89. The highest BCUT2D eigenvalue weighted by atomic mass is 16.5. The summed E-state index contributed by atoms with van der Waals surface area (Å²) in [6.07, 6.45) is 5.73. The van der Waals surface area contributed by atoms with Gasteiger partial charge in [0.15, 0.2) is 0 Å². The van der Waals surface area contributed by atoms with E-state index in [4.69, 9.17) is 4.74 Å². The van der Waals surface area contributed by atoms with Gasteiger partial charge in [-0.2, -0.15) is 0 Å².